The molecule has 0 unspecified atom stereocenters. The van der Waals surface area contributed by atoms with Crippen molar-refractivity contribution in [2.45, 2.75) is 45.7 Å². The minimum Gasteiger partial charge on any atom is -0.345 e. The van der Waals surface area contributed by atoms with Crippen molar-refractivity contribution in [3.05, 3.63) is 23.3 Å². The topological polar surface area (TPSA) is 80.1 Å². The zero-order chi connectivity index (χ0) is 16.4. The molecule has 0 atom stereocenters. The number of amides is 2. The van der Waals surface area contributed by atoms with Crippen molar-refractivity contribution in [3.63, 3.8) is 0 Å². The summed E-state index contributed by atoms with van der Waals surface area (Å²) in [6.45, 7) is 3.84. The third kappa shape index (κ3) is 3.43. The highest BCUT2D eigenvalue weighted by molar-refractivity contribution is 5.91. The Morgan fingerprint density at radius 2 is 2.04 bits per heavy atom. The summed E-state index contributed by atoms with van der Waals surface area (Å²) in [7, 11) is 1.75. The molecule has 0 radical (unpaired) electrons. The van der Waals surface area contributed by atoms with Gasteiger partial charge in [0.2, 0.25) is 11.7 Å². The van der Waals surface area contributed by atoms with Gasteiger partial charge in [0.1, 0.15) is 0 Å². The molecule has 1 aromatic heterocycles. The average molecular weight is 317 g/mol. The number of hydrogen-bond donors (Lipinski definition) is 1. The molecule has 3 rings (SSSR count). The largest absolute Gasteiger partial charge is 0.345 e. The summed E-state index contributed by atoms with van der Waals surface area (Å²) in [5.41, 5.74) is 1.22. The van der Waals surface area contributed by atoms with E-state index >= 15 is 0 Å². The number of hydrogen-bond acceptors (Lipinski definition) is 4. The first kappa shape index (κ1) is 15.7. The van der Waals surface area contributed by atoms with Gasteiger partial charge in [-0.1, -0.05) is 12.5 Å². The van der Waals surface area contributed by atoms with Gasteiger partial charge in [0.15, 0.2) is 5.82 Å². The Morgan fingerprint density at radius 1 is 1.30 bits per heavy atom. The van der Waals surface area contributed by atoms with E-state index in [4.69, 9.17) is 0 Å². The molecule has 1 N–H and O–H groups in total. The molecule has 2 aliphatic rings. The quantitative estimate of drug-likeness (QED) is 0.847. The first-order chi connectivity index (χ1) is 11.0. The normalized spacial score (nSPS) is 21.1. The second-order valence-electron chi connectivity index (χ2n) is 6.52. The van der Waals surface area contributed by atoms with E-state index in [2.05, 4.69) is 22.4 Å². The number of nitrogens with one attached hydrogen (secondary N) is 1. The molecule has 0 saturated heterocycles. The van der Waals surface area contributed by atoms with Crippen molar-refractivity contribution in [3.8, 4) is 0 Å². The molecule has 2 amide bonds. The van der Waals surface area contributed by atoms with Gasteiger partial charge in [0, 0.05) is 26.2 Å². The number of likely N-dealkylation sites (N-methyl/N-ethyl adjacent to an activating group) is 1. The van der Waals surface area contributed by atoms with Crippen LogP contribution in [0.5, 0.6) is 0 Å². The Labute approximate surface area is 135 Å². The zero-order valence-electron chi connectivity index (χ0n) is 13.7. The van der Waals surface area contributed by atoms with Gasteiger partial charge in [-0.3, -0.25) is 9.59 Å². The summed E-state index contributed by atoms with van der Waals surface area (Å²) in [4.78, 5) is 25.6. The minimum absolute atomic E-state index is 0.0915. The molecule has 0 aromatic carbocycles. The van der Waals surface area contributed by atoms with Crippen LogP contribution in [0.4, 0.5) is 0 Å². The third-order valence-corrected chi connectivity index (χ3v) is 4.70. The minimum atomic E-state index is -0.125. The van der Waals surface area contributed by atoms with Crippen LogP contribution in [-0.4, -0.2) is 45.1 Å². The second-order valence-corrected chi connectivity index (χ2v) is 6.52. The monoisotopic (exact) mass is 317 g/mol. The van der Waals surface area contributed by atoms with E-state index in [1.165, 1.54) is 5.57 Å². The van der Waals surface area contributed by atoms with Crippen molar-refractivity contribution < 1.29 is 9.59 Å². The van der Waals surface area contributed by atoms with Crippen LogP contribution < -0.4 is 5.32 Å². The third-order valence-electron chi connectivity index (χ3n) is 4.70. The molecule has 1 aliphatic heterocycles. The highest BCUT2D eigenvalue weighted by Gasteiger charge is 2.26. The van der Waals surface area contributed by atoms with E-state index in [1.54, 1.807) is 22.6 Å². The van der Waals surface area contributed by atoms with Gasteiger partial charge >= 0.3 is 0 Å². The lowest BCUT2D eigenvalue weighted by molar-refractivity contribution is -0.116. The van der Waals surface area contributed by atoms with Crippen molar-refractivity contribution >= 4 is 11.8 Å². The summed E-state index contributed by atoms with van der Waals surface area (Å²) in [5, 5.41) is 10.8. The highest BCUT2D eigenvalue weighted by atomic mass is 16.2. The summed E-state index contributed by atoms with van der Waals surface area (Å²) < 4.78 is 1.79. The molecule has 0 spiro atoms. The summed E-state index contributed by atoms with van der Waals surface area (Å²) >= 11 is 0. The number of allylic oxidation sites excluding steroid dienone is 1. The van der Waals surface area contributed by atoms with Gasteiger partial charge in [0.05, 0.1) is 6.54 Å². The van der Waals surface area contributed by atoms with E-state index in [1.807, 2.05) is 0 Å². The number of aromatic nitrogens is 3. The smallest absolute Gasteiger partial charge is 0.291 e. The molecule has 1 fully saturated rings. The molecule has 2 heterocycles. The molecule has 7 heteroatoms. The fourth-order valence-corrected chi connectivity index (χ4v) is 3.06. The summed E-state index contributed by atoms with van der Waals surface area (Å²) in [6.07, 6.45) is 6.06. The van der Waals surface area contributed by atoms with E-state index in [0.717, 1.165) is 31.6 Å². The molecular formula is C16H23N5O2. The van der Waals surface area contributed by atoms with Gasteiger partial charge in [-0.05, 0) is 31.6 Å². The highest BCUT2D eigenvalue weighted by Crippen LogP contribution is 2.27. The van der Waals surface area contributed by atoms with E-state index in [-0.39, 0.29) is 11.8 Å². The van der Waals surface area contributed by atoms with E-state index < -0.39 is 0 Å². The van der Waals surface area contributed by atoms with Gasteiger partial charge in [-0.25, -0.2) is 0 Å². The lowest BCUT2D eigenvalue weighted by Crippen LogP contribution is -2.38. The van der Waals surface area contributed by atoms with Crippen molar-refractivity contribution in [2.24, 2.45) is 5.92 Å². The molecule has 124 valence electrons. The average Bonchev–Trinajstić information content (AvgIpc) is 2.95. The summed E-state index contributed by atoms with van der Waals surface area (Å²) in [5.74, 6) is 1.52. The van der Waals surface area contributed by atoms with Crippen molar-refractivity contribution in [1.29, 1.82) is 0 Å². The Balaban J connectivity index is 1.59. The predicted octanol–water partition coefficient (Wildman–Crippen LogP) is 1.12. The number of carbonyl (C=O) groups excluding carboxylic acids is 2. The first-order valence-corrected chi connectivity index (χ1v) is 8.19. The maximum Gasteiger partial charge on any atom is 0.291 e. The van der Waals surface area contributed by atoms with Crippen LogP contribution in [0.25, 0.3) is 0 Å². The number of rotatable bonds is 3. The fourth-order valence-electron chi connectivity index (χ4n) is 3.06. The van der Waals surface area contributed by atoms with Crippen LogP contribution in [0.1, 0.15) is 49.1 Å². The SMILES string of the molecule is CC1CCC(=CC(=O)NCc2nnc3n2CCN(C)C3=O)CC1. The van der Waals surface area contributed by atoms with Crippen LogP contribution in [0, 0.1) is 5.92 Å². The fraction of sp³-hybridized carbons (Fsp3) is 0.625. The number of carbonyl (C=O) groups is 2. The number of nitrogens with zero attached hydrogens (tertiary/aromatic N) is 4. The van der Waals surface area contributed by atoms with Crippen molar-refractivity contribution in [2.75, 3.05) is 13.6 Å². The Morgan fingerprint density at radius 3 is 2.78 bits per heavy atom. The van der Waals surface area contributed by atoms with Gasteiger partial charge in [-0.15, -0.1) is 10.2 Å². The Kier molecular flexibility index (Phi) is 4.45. The maximum absolute atomic E-state index is 12.1. The Hall–Kier alpha value is -2.18. The van der Waals surface area contributed by atoms with Gasteiger partial charge < -0.3 is 14.8 Å². The van der Waals surface area contributed by atoms with Gasteiger partial charge in [-0.2, -0.15) is 0 Å². The summed E-state index contributed by atoms with van der Waals surface area (Å²) in [6, 6.07) is 0. The van der Waals surface area contributed by atoms with Crippen LogP contribution in [-0.2, 0) is 17.9 Å². The standard InChI is InChI=1S/C16H23N5O2/c1-11-3-5-12(6-4-11)9-14(22)17-10-13-18-19-15-16(23)20(2)7-8-21(13)15/h9,11H,3-8,10H2,1-2H3,(H,17,22). The maximum atomic E-state index is 12.1. The van der Waals surface area contributed by atoms with Crippen LogP contribution in [0.3, 0.4) is 0 Å². The molecular weight excluding hydrogens is 294 g/mol. The zero-order valence-corrected chi connectivity index (χ0v) is 13.7. The Bertz CT molecular complexity index is 639. The van der Waals surface area contributed by atoms with Crippen LogP contribution >= 0.6 is 0 Å². The molecule has 1 aliphatic carbocycles. The molecule has 0 bridgehead atoms. The molecule has 7 nitrogen and oxygen atoms in total. The first-order valence-electron chi connectivity index (χ1n) is 8.19. The molecule has 1 saturated carbocycles. The van der Waals surface area contributed by atoms with Gasteiger partial charge in [0.25, 0.3) is 5.91 Å². The van der Waals surface area contributed by atoms with Crippen LogP contribution in [0.15, 0.2) is 11.6 Å². The van der Waals surface area contributed by atoms with Crippen molar-refractivity contribution in [1.82, 2.24) is 25.0 Å². The molecule has 1 aromatic rings. The lowest BCUT2D eigenvalue weighted by atomic mass is 9.87. The number of fused-ring (bicyclic) bond motifs is 1. The van der Waals surface area contributed by atoms with E-state index in [9.17, 15) is 9.59 Å². The van der Waals surface area contributed by atoms with E-state index in [0.29, 0.717) is 31.3 Å². The molecule has 23 heavy (non-hydrogen) atoms. The van der Waals surface area contributed by atoms with Crippen LogP contribution in [0.2, 0.25) is 0 Å². The lowest BCUT2D eigenvalue weighted by Gasteiger charge is -2.23. The second kappa shape index (κ2) is 6.52. The predicted molar refractivity (Wildman–Crippen MR) is 84.5 cm³/mol.